The van der Waals surface area contributed by atoms with Crippen molar-refractivity contribution in [2.45, 2.75) is 38.5 Å². The van der Waals surface area contributed by atoms with Gasteiger partial charge < -0.3 is 5.11 Å². The van der Waals surface area contributed by atoms with Crippen LogP contribution in [-0.2, 0) is 11.8 Å². The van der Waals surface area contributed by atoms with Gasteiger partial charge in [-0.1, -0.05) is 26.0 Å². The highest BCUT2D eigenvalue weighted by Crippen LogP contribution is 2.43. The van der Waals surface area contributed by atoms with Gasteiger partial charge in [0.25, 0.3) is 0 Å². The molecule has 1 heteroatoms. The fourth-order valence-corrected chi connectivity index (χ4v) is 2.31. The summed E-state index contributed by atoms with van der Waals surface area (Å²) >= 11 is 0. The van der Waals surface area contributed by atoms with E-state index in [-0.39, 0.29) is 0 Å². The molecule has 0 bridgehead atoms. The van der Waals surface area contributed by atoms with Crippen LogP contribution in [0.2, 0.25) is 0 Å². The molecule has 1 unspecified atom stereocenters. The van der Waals surface area contributed by atoms with Crippen molar-refractivity contribution in [3.8, 4) is 5.75 Å². The summed E-state index contributed by atoms with van der Waals surface area (Å²) in [4.78, 5) is 0. The van der Waals surface area contributed by atoms with Crippen LogP contribution in [0.3, 0.4) is 0 Å². The Kier molecular flexibility index (Phi) is 1.83. The lowest BCUT2D eigenvalue weighted by Gasteiger charge is -2.23. The van der Waals surface area contributed by atoms with Crippen molar-refractivity contribution in [1.82, 2.24) is 0 Å². The van der Waals surface area contributed by atoms with Gasteiger partial charge in [0.2, 0.25) is 0 Å². The van der Waals surface area contributed by atoms with Gasteiger partial charge in [0.1, 0.15) is 5.75 Å². The van der Waals surface area contributed by atoms with Gasteiger partial charge in [-0.2, -0.15) is 0 Å². The van der Waals surface area contributed by atoms with E-state index < -0.39 is 0 Å². The van der Waals surface area contributed by atoms with Gasteiger partial charge in [-0.15, -0.1) is 0 Å². The number of benzene rings is 1. The third-order valence-corrected chi connectivity index (χ3v) is 3.51. The van der Waals surface area contributed by atoms with Crippen LogP contribution >= 0.6 is 0 Å². The number of aromatic hydroxyl groups is 1. The van der Waals surface area contributed by atoms with Crippen LogP contribution in [-0.4, -0.2) is 5.11 Å². The molecule has 0 radical (unpaired) electrons. The SMILES string of the molecule is CCC1(C)CCc2c(O)cccc21. The highest BCUT2D eigenvalue weighted by Gasteiger charge is 2.33. The van der Waals surface area contributed by atoms with E-state index in [1.165, 1.54) is 17.5 Å². The number of fused-ring (bicyclic) bond motifs is 1. The largest absolute Gasteiger partial charge is 0.508 e. The molecule has 1 aromatic carbocycles. The monoisotopic (exact) mass is 176 g/mol. The summed E-state index contributed by atoms with van der Waals surface area (Å²) < 4.78 is 0. The molecule has 0 saturated carbocycles. The highest BCUT2D eigenvalue weighted by molar-refractivity contribution is 5.46. The number of phenolic OH excluding ortho intramolecular Hbond substituents is 1. The van der Waals surface area contributed by atoms with E-state index in [0.29, 0.717) is 11.2 Å². The highest BCUT2D eigenvalue weighted by atomic mass is 16.3. The first kappa shape index (κ1) is 8.61. The quantitative estimate of drug-likeness (QED) is 0.697. The van der Waals surface area contributed by atoms with Gasteiger partial charge in [0.15, 0.2) is 0 Å². The second-order valence-corrected chi connectivity index (χ2v) is 4.22. The van der Waals surface area contributed by atoms with Crippen molar-refractivity contribution < 1.29 is 5.11 Å². The third-order valence-electron chi connectivity index (χ3n) is 3.51. The molecule has 0 spiro atoms. The minimum absolute atomic E-state index is 0.300. The molecule has 13 heavy (non-hydrogen) atoms. The van der Waals surface area contributed by atoms with Gasteiger partial charge in [0, 0.05) is 0 Å². The Morgan fingerprint density at radius 1 is 1.46 bits per heavy atom. The summed E-state index contributed by atoms with van der Waals surface area (Å²) in [6.45, 7) is 4.51. The Balaban J connectivity index is 2.55. The number of rotatable bonds is 1. The van der Waals surface area contributed by atoms with Crippen molar-refractivity contribution in [2.75, 3.05) is 0 Å². The zero-order chi connectivity index (χ0) is 9.47. The van der Waals surface area contributed by atoms with Crippen LogP contribution in [0.5, 0.6) is 5.75 Å². The normalized spacial score (nSPS) is 26.0. The van der Waals surface area contributed by atoms with E-state index in [0.717, 1.165) is 12.8 Å². The molecule has 1 aliphatic rings. The summed E-state index contributed by atoms with van der Waals surface area (Å²) in [6.07, 6.45) is 3.37. The van der Waals surface area contributed by atoms with Crippen LogP contribution in [0.1, 0.15) is 37.8 Å². The standard InChI is InChI=1S/C12H16O/c1-3-12(2)8-7-9-10(12)5-4-6-11(9)13/h4-6,13H,3,7-8H2,1-2H3. The van der Waals surface area contributed by atoms with Gasteiger partial charge in [-0.25, -0.2) is 0 Å². The molecular formula is C12H16O. The molecule has 0 aliphatic heterocycles. The lowest BCUT2D eigenvalue weighted by atomic mass is 9.82. The van der Waals surface area contributed by atoms with Crippen LogP contribution in [0.15, 0.2) is 18.2 Å². The first-order chi connectivity index (χ1) is 6.17. The van der Waals surface area contributed by atoms with Crippen LogP contribution < -0.4 is 0 Å². The van der Waals surface area contributed by atoms with E-state index in [4.69, 9.17) is 0 Å². The van der Waals surface area contributed by atoms with E-state index in [2.05, 4.69) is 19.9 Å². The van der Waals surface area contributed by atoms with Crippen molar-refractivity contribution in [2.24, 2.45) is 0 Å². The summed E-state index contributed by atoms with van der Waals surface area (Å²) in [5, 5.41) is 9.66. The Morgan fingerprint density at radius 2 is 2.23 bits per heavy atom. The second kappa shape index (κ2) is 2.76. The fraction of sp³-hybridized carbons (Fsp3) is 0.500. The summed E-state index contributed by atoms with van der Waals surface area (Å²) in [7, 11) is 0. The van der Waals surface area contributed by atoms with Gasteiger partial charge in [-0.05, 0) is 41.9 Å². The van der Waals surface area contributed by atoms with E-state index in [1.54, 1.807) is 6.07 Å². The predicted molar refractivity (Wildman–Crippen MR) is 54.1 cm³/mol. The first-order valence-corrected chi connectivity index (χ1v) is 4.99. The zero-order valence-electron chi connectivity index (χ0n) is 8.30. The maximum absolute atomic E-state index is 9.66. The van der Waals surface area contributed by atoms with E-state index in [9.17, 15) is 5.11 Å². The summed E-state index contributed by atoms with van der Waals surface area (Å²) in [5.74, 6) is 0.481. The van der Waals surface area contributed by atoms with Crippen molar-refractivity contribution in [3.05, 3.63) is 29.3 Å². The Labute approximate surface area is 79.4 Å². The van der Waals surface area contributed by atoms with Gasteiger partial charge in [0.05, 0.1) is 0 Å². The molecule has 1 N–H and O–H groups in total. The minimum Gasteiger partial charge on any atom is -0.508 e. The molecule has 0 fully saturated rings. The van der Waals surface area contributed by atoms with Gasteiger partial charge in [-0.3, -0.25) is 0 Å². The van der Waals surface area contributed by atoms with Gasteiger partial charge >= 0.3 is 0 Å². The molecule has 1 aromatic rings. The average molecular weight is 176 g/mol. The molecule has 1 aliphatic carbocycles. The molecule has 0 aromatic heterocycles. The number of hydrogen-bond donors (Lipinski definition) is 1. The lowest BCUT2D eigenvalue weighted by molar-refractivity contribution is 0.453. The Hall–Kier alpha value is -0.980. The number of phenols is 1. The molecule has 0 heterocycles. The summed E-state index contributed by atoms with van der Waals surface area (Å²) in [5.41, 5.74) is 2.83. The van der Waals surface area contributed by atoms with E-state index in [1.807, 2.05) is 6.07 Å². The molecule has 2 rings (SSSR count). The smallest absolute Gasteiger partial charge is 0.119 e. The van der Waals surface area contributed by atoms with Crippen molar-refractivity contribution in [1.29, 1.82) is 0 Å². The molecule has 70 valence electrons. The van der Waals surface area contributed by atoms with Crippen LogP contribution in [0.25, 0.3) is 0 Å². The maximum Gasteiger partial charge on any atom is 0.119 e. The first-order valence-electron chi connectivity index (χ1n) is 4.99. The maximum atomic E-state index is 9.66. The third kappa shape index (κ3) is 1.14. The average Bonchev–Trinajstić information content (AvgIpc) is 2.47. The zero-order valence-corrected chi connectivity index (χ0v) is 8.30. The fourth-order valence-electron chi connectivity index (χ4n) is 2.31. The second-order valence-electron chi connectivity index (χ2n) is 4.22. The van der Waals surface area contributed by atoms with Crippen LogP contribution in [0.4, 0.5) is 0 Å². The molecule has 1 nitrogen and oxygen atoms in total. The van der Waals surface area contributed by atoms with Crippen molar-refractivity contribution in [3.63, 3.8) is 0 Å². The molecule has 0 saturated heterocycles. The minimum atomic E-state index is 0.300. The Bertz CT molecular complexity index is 330. The molecule has 1 atom stereocenters. The number of hydrogen-bond acceptors (Lipinski definition) is 1. The molecule has 0 amide bonds. The topological polar surface area (TPSA) is 20.2 Å². The Morgan fingerprint density at radius 3 is 2.92 bits per heavy atom. The van der Waals surface area contributed by atoms with Crippen molar-refractivity contribution >= 4 is 0 Å². The van der Waals surface area contributed by atoms with E-state index >= 15 is 0 Å². The lowest BCUT2D eigenvalue weighted by Crippen LogP contribution is -2.15. The predicted octanol–water partition coefficient (Wildman–Crippen LogP) is 3.01. The van der Waals surface area contributed by atoms with Crippen LogP contribution in [0, 0.1) is 0 Å². The molecular weight excluding hydrogens is 160 g/mol. The summed E-state index contributed by atoms with van der Waals surface area (Å²) in [6, 6.07) is 5.90.